The second kappa shape index (κ2) is 3.90. The molecule has 1 aliphatic carbocycles. The summed E-state index contributed by atoms with van der Waals surface area (Å²) in [7, 11) is 0. The Hall–Kier alpha value is -0.570. The summed E-state index contributed by atoms with van der Waals surface area (Å²) in [6, 6.07) is 0.430. The van der Waals surface area contributed by atoms with E-state index in [4.69, 9.17) is 5.73 Å². The highest BCUT2D eigenvalue weighted by Gasteiger charge is 2.37. The van der Waals surface area contributed by atoms with Gasteiger partial charge in [-0.05, 0) is 18.8 Å². The van der Waals surface area contributed by atoms with Gasteiger partial charge in [-0.1, -0.05) is 20.3 Å². The summed E-state index contributed by atoms with van der Waals surface area (Å²) in [5, 5.41) is 3.27. The van der Waals surface area contributed by atoms with Crippen LogP contribution < -0.4 is 11.1 Å². The molecule has 0 aromatic carbocycles. The number of hydrogen-bond donors (Lipinski definition) is 2. The quantitative estimate of drug-likeness (QED) is 0.636. The van der Waals surface area contributed by atoms with Gasteiger partial charge in [0.2, 0.25) is 5.91 Å². The molecule has 12 heavy (non-hydrogen) atoms. The fourth-order valence-electron chi connectivity index (χ4n) is 1.56. The maximum Gasteiger partial charge on any atom is 0.234 e. The number of carbonyl (C=O) groups excluding carboxylic acids is 1. The van der Waals surface area contributed by atoms with Crippen molar-refractivity contribution in [3.63, 3.8) is 0 Å². The molecule has 3 N–H and O–H groups in total. The van der Waals surface area contributed by atoms with Gasteiger partial charge in [0, 0.05) is 6.04 Å². The van der Waals surface area contributed by atoms with Crippen LogP contribution in [0.15, 0.2) is 0 Å². The molecule has 0 spiro atoms. The van der Waals surface area contributed by atoms with E-state index < -0.39 is 0 Å². The van der Waals surface area contributed by atoms with Gasteiger partial charge in [-0.2, -0.15) is 0 Å². The van der Waals surface area contributed by atoms with E-state index in [1.165, 1.54) is 12.8 Å². The van der Waals surface area contributed by atoms with Gasteiger partial charge in [-0.25, -0.2) is 0 Å². The van der Waals surface area contributed by atoms with Crippen molar-refractivity contribution >= 4 is 5.91 Å². The topological polar surface area (TPSA) is 55.1 Å². The van der Waals surface area contributed by atoms with Crippen LogP contribution >= 0.6 is 0 Å². The lowest BCUT2D eigenvalue weighted by Crippen LogP contribution is -2.42. The van der Waals surface area contributed by atoms with E-state index in [9.17, 15) is 4.79 Å². The molecule has 3 atom stereocenters. The van der Waals surface area contributed by atoms with Crippen molar-refractivity contribution in [2.75, 3.05) is 0 Å². The monoisotopic (exact) mass is 170 g/mol. The molecule has 0 heterocycles. The third-order valence-corrected chi connectivity index (χ3v) is 2.61. The predicted octanol–water partition coefficient (Wildman–Crippen LogP) is 0.638. The zero-order valence-electron chi connectivity index (χ0n) is 7.84. The maximum absolute atomic E-state index is 10.8. The molecule has 3 unspecified atom stereocenters. The van der Waals surface area contributed by atoms with E-state index in [2.05, 4.69) is 12.2 Å². The minimum Gasteiger partial charge on any atom is -0.368 e. The Morgan fingerprint density at radius 3 is 2.67 bits per heavy atom. The molecule has 1 amide bonds. The maximum atomic E-state index is 10.8. The number of amides is 1. The Balaban J connectivity index is 2.25. The van der Waals surface area contributed by atoms with Crippen LogP contribution in [0.2, 0.25) is 0 Å². The van der Waals surface area contributed by atoms with Crippen molar-refractivity contribution in [1.82, 2.24) is 5.32 Å². The molecule has 0 aliphatic heterocycles. The molecule has 1 aliphatic rings. The molecule has 3 heteroatoms. The summed E-state index contributed by atoms with van der Waals surface area (Å²) in [5.41, 5.74) is 5.21. The average Bonchev–Trinajstić information content (AvgIpc) is 2.78. The molecule has 0 bridgehead atoms. The van der Waals surface area contributed by atoms with E-state index in [0.29, 0.717) is 6.04 Å². The van der Waals surface area contributed by atoms with Crippen LogP contribution in [-0.2, 0) is 4.79 Å². The standard InChI is InChI=1S/C9H18N2O/c1-3-6-5-8(6)11-7(4-2)9(10)12/h6-8,11H,3-5H2,1-2H3,(H2,10,12). The fourth-order valence-corrected chi connectivity index (χ4v) is 1.56. The number of hydrogen-bond acceptors (Lipinski definition) is 2. The molecule has 1 rings (SSSR count). The van der Waals surface area contributed by atoms with Crippen molar-refractivity contribution in [2.45, 2.75) is 45.2 Å². The number of nitrogens with two attached hydrogens (primary N) is 1. The zero-order chi connectivity index (χ0) is 9.14. The molecule has 0 aromatic rings. The highest BCUT2D eigenvalue weighted by atomic mass is 16.1. The van der Waals surface area contributed by atoms with Gasteiger partial charge >= 0.3 is 0 Å². The minimum atomic E-state index is -0.223. The first-order chi connectivity index (χ1) is 5.69. The summed E-state index contributed by atoms with van der Waals surface area (Å²) in [4.78, 5) is 10.8. The molecule has 1 fully saturated rings. The van der Waals surface area contributed by atoms with E-state index in [-0.39, 0.29) is 11.9 Å². The van der Waals surface area contributed by atoms with Crippen LogP contribution in [0.3, 0.4) is 0 Å². The van der Waals surface area contributed by atoms with Crippen LogP contribution in [0, 0.1) is 5.92 Å². The first-order valence-electron chi connectivity index (χ1n) is 4.74. The summed E-state index contributed by atoms with van der Waals surface area (Å²) >= 11 is 0. The largest absolute Gasteiger partial charge is 0.368 e. The Bertz CT molecular complexity index is 170. The van der Waals surface area contributed by atoms with Crippen LogP contribution in [0.25, 0.3) is 0 Å². The second-order valence-electron chi connectivity index (χ2n) is 3.54. The molecular formula is C9H18N2O. The van der Waals surface area contributed by atoms with Crippen molar-refractivity contribution in [3.05, 3.63) is 0 Å². The zero-order valence-corrected chi connectivity index (χ0v) is 7.84. The van der Waals surface area contributed by atoms with Crippen molar-refractivity contribution in [2.24, 2.45) is 11.7 Å². The van der Waals surface area contributed by atoms with E-state index in [1.807, 2.05) is 6.92 Å². The van der Waals surface area contributed by atoms with Gasteiger partial charge in [0.25, 0.3) is 0 Å². The second-order valence-corrected chi connectivity index (χ2v) is 3.54. The molecule has 3 nitrogen and oxygen atoms in total. The SMILES string of the molecule is CCC(NC1CC1CC)C(N)=O. The van der Waals surface area contributed by atoms with Gasteiger partial charge in [0.1, 0.15) is 0 Å². The van der Waals surface area contributed by atoms with E-state index in [0.717, 1.165) is 12.3 Å². The Labute approximate surface area is 73.7 Å². The van der Waals surface area contributed by atoms with Crippen LogP contribution in [0.5, 0.6) is 0 Å². The van der Waals surface area contributed by atoms with Gasteiger partial charge in [-0.15, -0.1) is 0 Å². The minimum absolute atomic E-state index is 0.119. The first kappa shape index (κ1) is 9.52. The van der Waals surface area contributed by atoms with E-state index >= 15 is 0 Å². The van der Waals surface area contributed by atoms with Crippen molar-refractivity contribution in [1.29, 1.82) is 0 Å². The molecule has 70 valence electrons. The lowest BCUT2D eigenvalue weighted by molar-refractivity contribution is -0.120. The van der Waals surface area contributed by atoms with Gasteiger partial charge < -0.3 is 11.1 Å². The highest BCUT2D eigenvalue weighted by molar-refractivity contribution is 5.79. The lowest BCUT2D eigenvalue weighted by Gasteiger charge is -2.12. The summed E-state index contributed by atoms with van der Waals surface area (Å²) in [5.74, 6) is 0.553. The third-order valence-electron chi connectivity index (χ3n) is 2.61. The van der Waals surface area contributed by atoms with E-state index in [1.54, 1.807) is 0 Å². The number of nitrogens with one attached hydrogen (secondary N) is 1. The predicted molar refractivity (Wildman–Crippen MR) is 48.6 cm³/mol. The van der Waals surface area contributed by atoms with Crippen LogP contribution in [0.1, 0.15) is 33.1 Å². The molecular weight excluding hydrogens is 152 g/mol. The summed E-state index contributed by atoms with van der Waals surface area (Å²) < 4.78 is 0. The van der Waals surface area contributed by atoms with Crippen molar-refractivity contribution in [3.8, 4) is 0 Å². The number of carbonyl (C=O) groups is 1. The molecule has 0 saturated heterocycles. The molecule has 1 saturated carbocycles. The Morgan fingerprint density at radius 1 is 1.67 bits per heavy atom. The van der Waals surface area contributed by atoms with Crippen LogP contribution in [-0.4, -0.2) is 18.0 Å². The molecule has 0 aromatic heterocycles. The third kappa shape index (κ3) is 2.21. The van der Waals surface area contributed by atoms with Crippen molar-refractivity contribution < 1.29 is 4.79 Å². The lowest BCUT2D eigenvalue weighted by atomic mass is 10.2. The smallest absolute Gasteiger partial charge is 0.234 e. The van der Waals surface area contributed by atoms with Gasteiger partial charge in [0.05, 0.1) is 6.04 Å². The summed E-state index contributed by atoms with van der Waals surface area (Å²) in [6.45, 7) is 4.16. The first-order valence-corrected chi connectivity index (χ1v) is 4.74. The Kier molecular flexibility index (Phi) is 3.09. The summed E-state index contributed by atoms with van der Waals surface area (Å²) in [6.07, 6.45) is 3.20. The number of primary amides is 1. The Morgan fingerprint density at radius 2 is 2.33 bits per heavy atom. The average molecular weight is 170 g/mol. The normalized spacial score (nSPS) is 29.8. The van der Waals surface area contributed by atoms with Crippen LogP contribution in [0.4, 0.5) is 0 Å². The van der Waals surface area contributed by atoms with Gasteiger partial charge in [0.15, 0.2) is 0 Å². The van der Waals surface area contributed by atoms with Gasteiger partial charge in [-0.3, -0.25) is 4.79 Å². The highest BCUT2D eigenvalue weighted by Crippen LogP contribution is 2.33. The molecule has 0 radical (unpaired) electrons. The number of rotatable bonds is 5. The fraction of sp³-hybridized carbons (Fsp3) is 0.889.